The van der Waals surface area contributed by atoms with E-state index in [1.54, 1.807) is 12.1 Å². The number of piperidine rings is 1. The number of likely N-dealkylation sites (tertiary alicyclic amines) is 2. The summed E-state index contributed by atoms with van der Waals surface area (Å²) in [6.45, 7) is 2.33. The topological polar surface area (TPSA) is 23.6 Å². The number of hydrogen-bond donors (Lipinski definition) is 0. The number of fused-ring (bicyclic) bond motifs is 1. The molecule has 0 radical (unpaired) electrons. The van der Waals surface area contributed by atoms with Gasteiger partial charge in [-0.15, -0.1) is 0 Å². The molecule has 2 fully saturated rings. The van der Waals surface area contributed by atoms with Crippen LogP contribution >= 0.6 is 0 Å². The molecule has 6 heteroatoms. The van der Waals surface area contributed by atoms with Crippen LogP contribution in [0.15, 0.2) is 24.3 Å². The number of rotatable bonds is 3. The van der Waals surface area contributed by atoms with Gasteiger partial charge in [-0.1, -0.05) is 24.3 Å². The molecular formula is C17H21F3N2O. The van der Waals surface area contributed by atoms with Gasteiger partial charge in [-0.05, 0) is 30.0 Å². The van der Waals surface area contributed by atoms with Crippen molar-refractivity contribution in [3.05, 3.63) is 35.4 Å². The summed E-state index contributed by atoms with van der Waals surface area (Å²) in [5.41, 5.74) is 1.20. The highest BCUT2D eigenvalue weighted by Crippen LogP contribution is 2.32. The number of halogens is 3. The lowest BCUT2D eigenvalue weighted by atomic mass is 9.92. The van der Waals surface area contributed by atoms with Crippen molar-refractivity contribution in [3.63, 3.8) is 0 Å². The summed E-state index contributed by atoms with van der Waals surface area (Å²) in [7, 11) is 1.85. The van der Waals surface area contributed by atoms with Crippen molar-refractivity contribution in [1.82, 2.24) is 9.80 Å². The standard InChI is InChI=1S/C17H21F3N2O/c1-21-15-11-22(6-5-14(15)8-16(21)23)10-13-4-2-3-12(7-13)9-17(18,19)20/h2-4,7,14-15H,5-6,8-11H2,1H3/t14-,15-/m1/s1. The van der Waals surface area contributed by atoms with E-state index in [0.29, 0.717) is 24.4 Å². The largest absolute Gasteiger partial charge is 0.393 e. The maximum absolute atomic E-state index is 12.5. The van der Waals surface area contributed by atoms with E-state index in [-0.39, 0.29) is 11.9 Å². The second kappa shape index (κ2) is 6.15. The first-order chi connectivity index (χ1) is 10.8. The molecule has 2 aliphatic rings. The summed E-state index contributed by atoms with van der Waals surface area (Å²) in [4.78, 5) is 15.9. The van der Waals surface area contributed by atoms with Gasteiger partial charge in [0.05, 0.1) is 6.42 Å². The molecule has 3 nitrogen and oxygen atoms in total. The van der Waals surface area contributed by atoms with Crippen LogP contribution in [0.25, 0.3) is 0 Å². The quantitative estimate of drug-likeness (QED) is 0.853. The fraction of sp³-hybridized carbons (Fsp3) is 0.588. The summed E-state index contributed by atoms with van der Waals surface area (Å²) in [5.74, 6) is 0.634. The zero-order valence-corrected chi connectivity index (χ0v) is 13.1. The number of carbonyl (C=O) groups is 1. The highest BCUT2D eigenvalue weighted by molar-refractivity contribution is 5.79. The molecule has 2 aliphatic heterocycles. The Hall–Kier alpha value is -1.56. The molecule has 2 saturated heterocycles. The number of amides is 1. The Balaban J connectivity index is 1.64. The minimum absolute atomic E-state index is 0.203. The van der Waals surface area contributed by atoms with Crippen LogP contribution in [-0.2, 0) is 17.8 Å². The number of benzene rings is 1. The third-order valence-corrected chi connectivity index (χ3v) is 4.94. The van der Waals surface area contributed by atoms with E-state index in [0.717, 1.165) is 25.1 Å². The summed E-state index contributed by atoms with van der Waals surface area (Å²) >= 11 is 0. The van der Waals surface area contributed by atoms with Gasteiger partial charge in [0.25, 0.3) is 0 Å². The molecule has 1 aromatic rings. The van der Waals surface area contributed by atoms with E-state index in [9.17, 15) is 18.0 Å². The zero-order chi connectivity index (χ0) is 16.6. The number of hydrogen-bond acceptors (Lipinski definition) is 2. The Kier molecular flexibility index (Phi) is 4.36. The van der Waals surface area contributed by atoms with Crippen molar-refractivity contribution in [2.75, 3.05) is 20.1 Å². The molecule has 0 saturated carbocycles. The zero-order valence-electron chi connectivity index (χ0n) is 13.1. The Morgan fingerprint density at radius 3 is 2.74 bits per heavy atom. The van der Waals surface area contributed by atoms with Gasteiger partial charge in [0.2, 0.25) is 5.91 Å². The highest BCUT2D eigenvalue weighted by Gasteiger charge is 2.40. The summed E-state index contributed by atoms with van der Waals surface area (Å²) in [5, 5.41) is 0. The lowest BCUT2D eigenvalue weighted by molar-refractivity contribution is -0.128. The molecule has 0 unspecified atom stereocenters. The Labute approximate surface area is 134 Å². The lowest BCUT2D eigenvalue weighted by Gasteiger charge is -2.37. The van der Waals surface area contributed by atoms with Crippen molar-refractivity contribution >= 4 is 5.91 Å². The molecule has 2 heterocycles. The van der Waals surface area contributed by atoms with Crippen LogP contribution in [0.1, 0.15) is 24.0 Å². The van der Waals surface area contributed by atoms with E-state index in [1.807, 2.05) is 18.0 Å². The first-order valence-electron chi connectivity index (χ1n) is 7.94. The van der Waals surface area contributed by atoms with Gasteiger partial charge in [0.15, 0.2) is 0 Å². The SMILES string of the molecule is CN1C(=O)C[C@H]2CCN(Cc3cccc(CC(F)(F)F)c3)C[C@H]21. The van der Waals surface area contributed by atoms with Gasteiger partial charge >= 0.3 is 6.18 Å². The lowest BCUT2D eigenvalue weighted by Crippen LogP contribution is -2.47. The normalized spacial score (nSPS) is 25.7. The third-order valence-electron chi connectivity index (χ3n) is 4.94. The Morgan fingerprint density at radius 1 is 1.26 bits per heavy atom. The van der Waals surface area contributed by atoms with Crippen LogP contribution < -0.4 is 0 Å². The van der Waals surface area contributed by atoms with Crippen LogP contribution in [-0.4, -0.2) is 48.1 Å². The molecule has 0 aliphatic carbocycles. The van der Waals surface area contributed by atoms with Gasteiger partial charge < -0.3 is 4.90 Å². The average molecular weight is 326 g/mol. The van der Waals surface area contributed by atoms with Gasteiger partial charge in [-0.2, -0.15) is 13.2 Å². The van der Waals surface area contributed by atoms with E-state index >= 15 is 0 Å². The molecule has 126 valence electrons. The maximum Gasteiger partial charge on any atom is 0.393 e. The van der Waals surface area contributed by atoms with E-state index < -0.39 is 12.6 Å². The van der Waals surface area contributed by atoms with E-state index in [2.05, 4.69) is 4.90 Å². The average Bonchev–Trinajstić information content (AvgIpc) is 2.73. The monoisotopic (exact) mass is 326 g/mol. The fourth-order valence-electron chi connectivity index (χ4n) is 3.75. The fourth-order valence-corrected chi connectivity index (χ4v) is 3.75. The predicted octanol–water partition coefficient (Wildman–Crippen LogP) is 2.84. The molecular weight excluding hydrogens is 305 g/mol. The molecule has 23 heavy (non-hydrogen) atoms. The summed E-state index contributed by atoms with van der Waals surface area (Å²) < 4.78 is 37.5. The van der Waals surface area contributed by atoms with Crippen molar-refractivity contribution in [1.29, 1.82) is 0 Å². The molecule has 0 aromatic heterocycles. The molecule has 0 spiro atoms. The molecule has 1 amide bonds. The van der Waals surface area contributed by atoms with Crippen molar-refractivity contribution in [2.45, 2.75) is 38.0 Å². The molecule has 3 rings (SSSR count). The first kappa shape index (κ1) is 16.3. The van der Waals surface area contributed by atoms with Gasteiger partial charge in [0, 0.05) is 32.6 Å². The van der Waals surface area contributed by atoms with E-state index in [4.69, 9.17) is 0 Å². The molecule has 0 bridgehead atoms. The molecule has 0 N–H and O–H groups in total. The number of carbonyl (C=O) groups excluding carboxylic acids is 1. The van der Waals surface area contributed by atoms with Crippen LogP contribution in [0.3, 0.4) is 0 Å². The van der Waals surface area contributed by atoms with Crippen LogP contribution in [0.4, 0.5) is 13.2 Å². The highest BCUT2D eigenvalue weighted by atomic mass is 19.4. The third kappa shape index (κ3) is 3.86. The van der Waals surface area contributed by atoms with Gasteiger partial charge in [-0.25, -0.2) is 0 Å². The number of nitrogens with zero attached hydrogens (tertiary/aromatic N) is 2. The van der Waals surface area contributed by atoms with Crippen LogP contribution in [0, 0.1) is 5.92 Å². The smallest absolute Gasteiger partial charge is 0.341 e. The first-order valence-corrected chi connectivity index (χ1v) is 7.94. The van der Waals surface area contributed by atoms with Crippen molar-refractivity contribution in [2.24, 2.45) is 5.92 Å². The van der Waals surface area contributed by atoms with E-state index in [1.165, 1.54) is 6.07 Å². The summed E-state index contributed by atoms with van der Waals surface area (Å²) in [6.07, 6.45) is -3.45. The van der Waals surface area contributed by atoms with Gasteiger partial charge in [0.1, 0.15) is 0 Å². The molecule has 1 aromatic carbocycles. The van der Waals surface area contributed by atoms with Crippen LogP contribution in [0.5, 0.6) is 0 Å². The second-order valence-electron chi connectivity index (χ2n) is 6.67. The predicted molar refractivity (Wildman–Crippen MR) is 80.8 cm³/mol. The maximum atomic E-state index is 12.5. The van der Waals surface area contributed by atoms with Crippen molar-refractivity contribution < 1.29 is 18.0 Å². The summed E-state index contributed by atoms with van der Waals surface area (Å²) in [6, 6.07) is 6.97. The number of likely N-dealkylation sites (N-methyl/N-ethyl adjacent to an activating group) is 1. The second-order valence-corrected chi connectivity index (χ2v) is 6.67. The van der Waals surface area contributed by atoms with Gasteiger partial charge in [-0.3, -0.25) is 9.69 Å². The van der Waals surface area contributed by atoms with Crippen molar-refractivity contribution in [3.8, 4) is 0 Å². The minimum atomic E-state index is -4.18. The minimum Gasteiger partial charge on any atom is -0.341 e. The number of alkyl halides is 3. The van der Waals surface area contributed by atoms with Crippen LogP contribution in [0.2, 0.25) is 0 Å². The Morgan fingerprint density at radius 2 is 2.00 bits per heavy atom. The Bertz CT molecular complexity index is 587. The molecule has 2 atom stereocenters.